The summed E-state index contributed by atoms with van der Waals surface area (Å²) in [5.41, 5.74) is -0.469. The molecule has 0 aliphatic carbocycles. The number of amides is 1. The van der Waals surface area contributed by atoms with Crippen LogP contribution in [0.25, 0.3) is 0 Å². The molecular weight excluding hydrogens is 446 g/mol. The highest BCUT2D eigenvalue weighted by molar-refractivity contribution is 5.81. The first kappa shape index (κ1) is 28.9. The van der Waals surface area contributed by atoms with E-state index in [1.54, 1.807) is 32.9 Å². The van der Waals surface area contributed by atoms with Gasteiger partial charge in [0, 0.05) is 6.92 Å². The van der Waals surface area contributed by atoms with E-state index in [2.05, 4.69) is 5.32 Å². The van der Waals surface area contributed by atoms with E-state index >= 15 is 0 Å². The Bertz CT molecular complexity index is 827. The van der Waals surface area contributed by atoms with Crippen LogP contribution in [0.3, 0.4) is 0 Å². The molecule has 0 fully saturated rings. The molecule has 1 amide bonds. The molecule has 2 atom stereocenters. The monoisotopic (exact) mass is 483 g/mol. The Morgan fingerprint density at radius 2 is 1.41 bits per heavy atom. The van der Waals surface area contributed by atoms with E-state index in [1.165, 1.54) is 7.11 Å². The summed E-state index contributed by atoms with van der Waals surface area (Å²) in [6, 6.07) is 1.96. The Morgan fingerprint density at radius 1 is 0.912 bits per heavy atom. The van der Waals surface area contributed by atoms with E-state index in [0.717, 1.165) is 14.0 Å². The Kier molecular flexibility index (Phi) is 10.5. The van der Waals surface area contributed by atoms with Crippen LogP contribution >= 0.6 is 0 Å². The standard InChI is InChI=1S/C24H37NO9/c1-13(2)31-17-11-16(12-18(20(17)29-9)32-14(3)4)19(25-23(28)34-24(6,7)8)21(22(27)30-10)33-15(5)26/h11-14,19,21H,1-10H3,(H,25,28)/t19-,21-/m1/s1. The van der Waals surface area contributed by atoms with Gasteiger partial charge in [-0.15, -0.1) is 0 Å². The molecule has 1 aromatic carbocycles. The summed E-state index contributed by atoms with van der Waals surface area (Å²) in [5, 5.41) is 2.62. The van der Waals surface area contributed by atoms with Gasteiger partial charge in [-0.1, -0.05) is 0 Å². The van der Waals surface area contributed by atoms with Crippen molar-refractivity contribution in [3.63, 3.8) is 0 Å². The summed E-state index contributed by atoms with van der Waals surface area (Å²) >= 11 is 0. The van der Waals surface area contributed by atoms with Crippen LogP contribution in [0.5, 0.6) is 17.2 Å². The number of esters is 2. The van der Waals surface area contributed by atoms with E-state index in [4.69, 9.17) is 28.4 Å². The summed E-state index contributed by atoms with van der Waals surface area (Å²) < 4.78 is 32.8. The number of hydrogen-bond acceptors (Lipinski definition) is 9. The molecule has 0 spiro atoms. The maximum atomic E-state index is 12.7. The van der Waals surface area contributed by atoms with Crippen LogP contribution in [0.15, 0.2) is 12.1 Å². The van der Waals surface area contributed by atoms with Gasteiger partial charge in [0.25, 0.3) is 0 Å². The van der Waals surface area contributed by atoms with Gasteiger partial charge >= 0.3 is 18.0 Å². The SMILES string of the molecule is COC(=O)[C@H](OC(C)=O)[C@H](NC(=O)OC(C)(C)C)c1cc(OC(C)C)c(OC)c(OC(C)C)c1. The lowest BCUT2D eigenvalue weighted by atomic mass is 9.99. The topological polar surface area (TPSA) is 119 Å². The number of benzene rings is 1. The van der Waals surface area contributed by atoms with Crippen molar-refractivity contribution in [3.05, 3.63) is 17.7 Å². The van der Waals surface area contributed by atoms with Crippen LogP contribution < -0.4 is 19.5 Å². The average Bonchev–Trinajstić information content (AvgIpc) is 2.67. The van der Waals surface area contributed by atoms with Gasteiger partial charge in [0.2, 0.25) is 11.9 Å². The minimum absolute atomic E-state index is 0.224. The zero-order chi connectivity index (χ0) is 26.2. The second-order valence-corrected chi connectivity index (χ2v) is 9.06. The molecular formula is C24H37NO9. The van der Waals surface area contributed by atoms with E-state index in [9.17, 15) is 14.4 Å². The van der Waals surface area contributed by atoms with Crippen LogP contribution in [0.4, 0.5) is 4.79 Å². The van der Waals surface area contributed by atoms with Crippen LogP contribution in [-0.4, -0.2) is 56.2 Å². The van der Waals surface area contributed by atoms with Crippen molar-refractivity contribution in [2.75, 3.05) is 14.2 Å². The predicted molar refractivity (Wildman–Crippen MR) is 124 cm³/mol. The fraction of sp³-hybridized carbons (Fsp3) is 0.625. The first-order chi connectivity index (χ1) is 15.7. The van der Waals surface area contributed by atoms with Gasteiger partial charge in [-0.05, 0) is 66.2 Å². The maximum Gasteiger partial charge on any atom is 0.408 e. The van der Waals surface area contributed by atoms with Crippen molar-refractivity contribution >= 4 is 18.0 Å². The summed E-state index contributed by atoms with van der Waals surface area (Å²) in [5.74, 6) is -0.646. The highest BCUT2D eigenvalue weighted by Crippen LogP contribution is 2.42. The lowest BCUT2D eigenvalue weighted by molar-refractivity contribution is -0.167. The number of ether oxygens (including phenoxy) is 6. The van der Waals surface area contributed by atoms with E-state index in [-0.39, 0.29) is 12.2 Å². The second-order valence-electron chi connectivity index (χ2n) is 9.06. The largest absolute Gasteiger partial charge is 0.490 e. The molecule has 10 heteroatoms. The maximum absolute atomic E-state index is 12.7. The molecule has 0 saturated heterocycles. The van der Waals surface area contributed by atoms with Gasteiger partial charge in [-0.25, -0.2) is 9.59 Å². The molecule has 0 bridgehead atoms. The van der Waals surface area contributed by atoms with Crippen molar-refractivity contribution < 1.29 is 42.8 Å². The molecule has 0 saturated carbocycles. The molecule has 192 valence electrons. The summed E-state index contributed by atoms with van der Waals surface area (Å²) in [7, 11) is 2.62. The molecule has 0 heterocycles. The number of methoxy groups -OCH3 is 2. The summed E-state index contributed by atoms with van der Waals surface area (Å²) in [4.78, 5) is 37.1. The third-order valence-corrected chi connectivity index (χ3v) is 4.03. The van der Waals surface area contributed by atoms with Gasteiger partial charge < -0.3 is 33.7 Å². The summed E-state index contributed by atoms with van der Waals surface area (Å²) in [6.07, 6.45) is -2.79. The minimum Gasteiger partial charge on any atom is -0.490 e. The van der Waals surface area contributed by atoms with Crippen molar-refractivity contribution in [3.8, 4) is 17.2 Å². The Labute approximate surface area is 201 Å². The lowest BCUT2D eigenvalue weighted by Crippen LogP contribution is -2.45. The first-order valence-corrected chi connectivity index (χ1v) is 11.0. The third kappa shape index (κ3) is 8.99. The van der Waals surface area contributed by atoms with Crippen LogP contribution in [0.1, 0.15) is 67.0 Å². The normalized spacial score (nSPS) is 13.1. The van der Waals surface area contributed by atoms with E-state index in [0.29, 0.717) is 22.8 Å². The molecule has 1 rings (SSSR count). The number of rotatable bonds is 10. The zero-order valence-corrected chi connectivity index (χ0v) is 21.6. The quantitative estimate of drug-likeness (QED) is 0.390. The molecule has 10 nitrogen and oxygen atoms in total. The number of carbonyl (C=O) groups excluding carboxylic acids is 3. The van der Waals surface area contributed by atoms with Gasteiger partial charge in [0.1, 0.15) is 11.6 Å². The van der Waals surface area contributed by atoms with E-state index in [1.807, 2.05) is 27.7 Å². The first-order valence-electron chi connectivity index (χ1n) is 11.0. The second kappa shape index (κ2) is 12.3. The Balaban J connectivity index is 3.74. The van der Waals surface area contributed by atoms with Crippen LogP contribution in [0.2, 0.25) is 0 Å². The van der Waals surface area contributed by atoms with Gasteiger partial charge in [-0.2, -0.15) is 0 Å². The van der Waals surface area contributed by atoms with Crippen LogP contribution in [0, 0.1) is 0 Å². The molecule has 1 N–H and O–H groups in total. The molecule has 0 aromatic heterocycles. The minimum atomic E-state index is -1.51. The molecule has 0 aliphatic rings. The van der Waals surface area contributed by atoms with Crippen molar-refractivity contribution in [2.45, 2.75) is 85.3 Å². The molecule has 0 aliphatic heterocycles. The predicted octanol–water partition coefficient (Wildman–Crippen LogP) is 3.94. The van der Waals surface area contributed by atoms with Gasteiger partial charge in [0.15, 0.2) is 11.5 Å². The molecule has 0 radical (unpaired) electrons. The van der Waals surface area contributed by atoms with Crippen molar-refractivity contribution in [1.82, 2.24) is 5.32 Å². The number of nitrogens with one attached hydrogen (secondary N) is 1. The fourth-order valence-electron chi connectivity index (χ4n) is 2.98. The number of hydrogen-bond donors (Lipinski definition) is 1. The smallest absolute Gasteiger partial charge is 0.408 e. The van der Waals surface area contributed by atoms with Crippen LogP contribution in [-0.2, 0) is 23.8 Å². The highest BCUT2D eigenvalue weighted by Gasteiger charge is 2.37. The molecule has 0 unspecified atom stereocenters. The zero-order valence-electron chi connectivity index (χ0n) is 21.6. The van der Waals surface area contributed by atoms with Crippen molar-refractivity contribution in [2.24, 2.45) is 0 Å². The lowest BCUT2D eigenvalue weighted by Gasteiger charge is -2.29. The number of alkyl carbamates (subject to hydrolysis) is 1. The summed E-state index contributed by atoms with van der Waals surface area (Å²) in [6.45, 7) is 13.6. The van der Waals surface area contributed by atoms with Gasteiger partial charge in [-0.3, -0.25) is 4.79 Å². The Morgan fingerprint density at radius 3 is 1.76 bits per heavy atom. The van der Waals surface area contributed by atoms with Crippen molar-refractivity contribution in [1.29, 1.82) is 0 Å². The molecule has 1 aromatic rings. The highest BCUT2D eigenvalue weighted by atomic mass is 16.6. The van der Waals surface area contributed by atoms with E-state index < -0.39 is 35.8 Å². The fourth-order valence-corrected chi connectivity index (χ4v) is 2.98. The average molecular weight is 484 g/mol. The molecule has 34 heavy (non-hydrogen) atoms. The Hall–Kier alpha value is -3.17. The number of carbonyl (C=O) groups is 3. The van der Waals surface area contributed by atoms with Gasteiger partial charge in [0.05, 0.1) is 26.4 Å². The third-order valence-electron chi connectivity index (χ3n) is 4.03.